The molecule has 0 bridgehead atoms. The van der Waals surface area contributed by atoms with Gasteiger partial charge in [-0.2, -0.15) is 0 Å². The van der Waals surface area contributed by atoms with Gasteiger partial charge >= 0.3 is 0 Å². The Morgan fingerprint density at radius 3 is 2.70 bits per heavy atom. The minimum absolute atomic E-state index is 0.330. The summed E-state index contributed by atoms with van der Waals surface area (Å²) in [5.74, 6) is 1.12. The third-order valence-electron chi connectivity index (χ3n) is 3.30. The topological polar surface area (TPSA) is 17.8 Å². The number of hydrogen-bond donors (Lipinski definition) is 0. The van der Waals surface area contributed by atoms with Crippen LogP contribution in [0.15, 0.2) is 40.9 Å². The Hall–Kier alpha value is -1.03. The number of aromatic nitrogens is 2. The predicted octanol–water partition coefficient (Wildman–Crippen LogP) is 5.49. The molecule has 0 radical (unpaired) electrons. The van der Waals surface area contributed by atoms with Gasteiger partial charge in [0, 0.05) is 4.47 Å². The van der Waals surface area contributed by atoms with E-state index in [1.807, 2.05) is 41.0 Å². The van der Waals surface area contributed by atoms with Crippen molar-refractivity contribution in [1.82, 2.24) is 9.55 Å². The molecule has 3 aromatic rings. The normalized spacial score (nSPS) is 11.2. The maximum Gasteiger partial charge on any atom is 0.129 e. The average molecular weight is 370 g/mol. The highest BCUT2D eigenvalue weighted by Crippen LogP contribution is 2.31. The molecule has 0 fully saturated rings. The van der Waals surface area contributed by atoms with E-state index >= 15 is 0 Å². The minimum atomic E-state index is 0.330. The van der Waals surface area contributed by atoms with Crippen LogP contribution in [0.2, 0.25) is 5.02 Å². The third-order valence-corrected chi connectivity index (χ3v) is 4.70. The van der Waals surface area contributed by atoms with Gasteiger partial charge in [-0.15, -0.1) is 11.6 Å². The van der Waals surface area contributed by atoms with Gasteiger partial charge in [0.1, 0.15) is 5.82 Å². The fourth-order valence-corrected chi connectivity index (χ4v) is 3.11. The fourth-order valence-electron chi connectivity index (χ4n) is 2.32. The number of hydrogen-bond acceptors (Lipinski definition) is 1. The standard InChI is InChI=1S/C15H11BrCl2N2/c1-9-10(16)4-2-7-13(9)20-14(8-17)19-12-6-3-5-11(18)15(12)20/h2-7H,8H2,1H3. The van der Waals surface area contributed by atoms with Crippen LogP contribution in [-0.2, 0) is 5.88 Å². The summed E-state index contributed by atoms with van der Waals surface area (Å²) < 4.78 is 3.08. The summed E-state index contributed by atoms with van der Waals surface area (Å²) >= 11 is 16.0. The van der Waals surface area contributed by atoms with Crippen LogP contribution >= 0.6 is 39.1 Å². The molecule has 102 valence electrons. The fraction of sp³-hybridized carbons (Fsp3) is 0.133. The van der Waals surface area contributed by atoms with E-state index in [4.69, 9.17) is 23.2 Å². The van der Waals surface area contributed by atoms with Crippen molar-refractivity contribution >= 4 is 50.2 Å². The molecular formula is C15H11BrCl2N2. The quantitative estimate of drug-likeness (QED) is 0.546. The largest absolute Gasteiger partial charge is 0.293 e. The Morgan fingerprint density at radius 2 is 1.95 bits per heavy atom. The van der Waals surface area contributed by atoms with Crippen LogP contribution in [0.1, 0.15) is 11.4 Å². The third kappa shape index (κ3) is 2.14. The first-order valence-corrected chi connectivity index (χ1v) is 7.81. The molecular weight excluding hydrogens is 359 g/mol. The first kappa shape index (κ1) is 13.9. The molecule has 0 saturated carbocycles. The second kappa shape index (κ2) is 5.40. The SMILES string of the molecule is Cc1c(Br)cccc1-n1c(CCl)nc2cccc(Cl)c21. The molecule has 5 heteroatoms. The number of rotatable bonds is 2. The number of fused-ring (bicyclic) bond motifs is 1. The van der Waals surface area contributed by atoms with Crippen LogP contribution < -0.4 is 0 Å². The van der Waals surface area contributed by atoms with Crippen molar-refractivity contribution in [1.29, 1.82) is 0 Å². The van der Waals surface area contributed by atoms with Crippen LogP contribution in [0.5, 0.6) is 0 Å². The molecule has 0 aliphatic rings. The van der Waals surface area contributed by atoms with E-state index in [0.717, 1.165) is 32.6 Å². The van der Waals surface area contributed by atoms with Gasteiger partial charge in [0.05, 0.1) is 27.6 Å². The van der Waals surface area contributed by atoms with Gasteiger partial charge in [-0.05, 0) is 36.8 Å². The second-order valence-electron chi connectivity index (χ2n) is 4.49. The van der Waals surface area contributed by atoms with Crippen molar-refractivity contribution in [2.24, 2.45) is 0 Å². The van der Waals surface area contributed by atoms with Crippen molar-refractivity contribution in [2.75, 3.05) is 0 Å². The van der Waals surface area contributed by atoms with Gasteiger partial charge in [-0.3, -0.25) is 4.57 Å². The van der Waals surface area contributed by atoms with E-state index in [1.54, 1.807) is 0 Å². The van der Waals surface area contributed by atoms with Crippen LogP contribution in [0.4, 0.5) is 0 Å². The summed E-state index contributed by atoms with van der Waals surface area (Å²) in [4.78, 5) is 4.57. The summed E-state index contributed by atoms with van der Waals surface area (Å²) in [6, 6.07) is 11.8. The Kier molecular flexibility index (Phi) is 3.76. The van der Waals surface area contributed by atoms with E-state index in [-0.39, 0.29) is 0 Å². The van der Waals surface area contributed by atoms with E-state index in [0.29, 0.717) is 10.9 Å². The molecule has 1 heterocycles. The lowest BCUT2D eigenvalue weighted by molar-refractivity contribution is 0.971. The number of alkyl halides is 1. The Labute approximate surface area is 135 Å². The van der Waals surface area contributed by atoms with Gasteiger partial charge in [0.25, 0.3) is 0 Å². The van der Waals surface area contributed by atoms with Crippen molar-refractivity contribution in [2.45, 2.75) is 12.8 Å². The monoisotopic (exact) mass is 368 g/mol. The summed E-state index contributed by atoms with van der Waals surface area (Å²) in [6.07, 6.45) is 0. The van der Waals surface area contributed by atoms with E-state index < -0.39 is 0 Å². The highest BCUT2D eigenvalue weighted by atomic mass is 79.9. The molecule has 0 aliphatic carbocycles. The summed E-state index contributed by atoms with van der Waals surface area (Å²) in [6.45, 7) is 2.06. The zero-order valence-corrected chi connectivity index (χ0v) is 13.8. The molecule has 1 aromatic heterocycles. The first-order chi connectivity index (χ1) is 9.63. The zero-order chi connectivity index (χ0) is 14.3. The lowest BCUT2D eigenvalue weighted by atomic mass is 10.2. The number of imidazole rings is 1. The second-order valence-corrected chi connectivity index (χ2v) is 6.02. The van der Waals surface area contributed by atoms with Crippen molar-refractivity contribution in [3.05, 3.63) is 57.3 Å². The molecule has 0 N–H and O–H groups in total. The Bertz CT molecular complexity index is 796. The summed E-state index contributed by atoms with van der Waals surface area (Å²) in [7, 11) is 0. The van der Waals surface area contributed by atoms with E-state index in [2.05, 4.69) is 27.8 Å². The highest BCUT2D eigenvalue weighted by molar-refractivity contribution is 9.10. The van der Waals surface area contributed by atoms with Gasteiger partial charge in [0.15, 0.2) is 0 Å². The molecule has 2 aromatic carbocycles. The van der Waals surface area contributed by atoms with Gasteiger partial charge < -0.3 is 0 Å². The van der Waals surface area contributed by atoms with Crippen LogP contribution in [0, 0.1) is 6.92 Å². The summed E-state index contributed by atoms with van der Waals surface area (Å²) in [5, 5.41) is 0.672. The lowest BCUT2D eigenvalue weighted by Crippen LogP contribution is -2.02. The number of nitrogens with zero attached hydrogens (tertiary/aromatic N) is 2. The minimum Gasteiger partial charge on any atom is -0.293 e. The van der Waals surface area contributed by atoms with Gasteiger partial charge in [-0.25, -0.2) is 4.98 Å². The predicted molar refractivity (Wildman–Crippen MR) is 88.1 cm³/mol. The molecule has 0 amide bonds. The molecule has 2 nitrogen and oxygen atoms in total. The van der Waals surface area contributed by atoms with Crippen molar-refractivity contribution in [3.8, 4) is 5.69 Å². The van der Waals surface area contributed by atoms with Crippen LogP contribution in [0.3, 0.4) is 0 Å². The van der Waals surface area contributed by atoms with Crippen LogP contribution in [-0.4, -0.2) is 9.55 Å². The zero-order valence-electron chi connectivity index (χ0n) is 10.7. The van der Waals surface area contributed by atoms with Gasteiger partial charge in [-0.1, -0.05) is 39.7 Å². The van der Waals surface area contributed by atoms with Gasteiger partial charge in [0.2, 0.25) is 0 Å². The summed E-state index contributed by atoms with van der Waals surface area (Å²) in [5.41, 5.74) is 3.90. The molecule has 0 spiro atoms. The number of benzene rings is 2. The molecule has 0 atom stereocenters. The molecule has 20 heavy (non-hydrogen) atoms. The Balaban J connectivity index is 2.43. The smallest absolute Gasteiger partial charge is 0.129 e. The Morgan fingerprint density at radius 1 is 1.20 bits per heavy atom. The molecule has 3 rings (SSSR count). The maximum atomic E-state index is 6.36. The molecule has 0 aliphatic heterocycles. The lowest BCUT2D eigenvalue weighted by Gasteiger charge is -2.12. The highest BCUT2D eigenvalue weighted by Gasteiger charge is 2.16. The molecule has 0 saturated heterocycles. The maximum absolute atomic E-state index is 6.36. The van der Waals surface area contributed by atoms with Crippen molar-refractivity contribution < 1.29 is 0 Å². The first-order valence-electron chi connectivity index (χ1n) is 6.10. The average Bonchev–Trinajstić information content (AvgIpc) is 2.82. The van der Waals surface area contributed by atoms with E-state index in [9.17, 15) is 0 Å². The van der Waals surface area contributed by atoms with E-state index in [1.165, 1.54) is 0 Å². The molecule has 0 unspecified atom stereocenters. The van der Waals surface area contributed by atoms with Crippen molar-refractivity contribution in [3.63, 3.8) is 0 Å². The number of para-hydroxylation sites is 1. The number of halogens is 3. The van der Waals surface area contributed by atoms with Crippen LogP contribution in [0.25, 0.3) is 16.7 Å².